The number of carbonyl (C=O) groups excluding carboxylic acids is 3. The normalized spacial score (nSPS) is 40.5. The monoisotopic (exact) mass is 406 g/mol. The van der Waals surface area contributed by atoms with E-state index in [2.05, 4.69) is 13.2 Å². The summed E-state index contributed by atoms with van der Waals surface area (Å²) >= 11 is 0. The smallest absolute Gasteiger partial charge is 0.334 e. The number of rotatable bonds is 3. The Bertz CT molecular complexity index is 827. The van der Waals surface area contributed by atoms with Gasteiger partial charge in [-0.3, -0.25) is 4.79 Å². The Balaban J connectivity index is 2.09. The Morgan fingerprint density at radius 3 is 2.52 bits per heavy atom. The average molecular weight is 406 g/mol. The summed E-state index contributed by atoms with van der Waals surface area (Å²) in [5, 5.41) is 11.1. The van der Waals surface area contributed by atoms with Crippen molar-refractivity contribution in [3.05, 3.63) is 36.0 Å². The van der Waals surface area contributed by atoms with Crippen molar-refractivity contribution in [2.24, 2.45) is 5.92 Å². The lowest BCUT2D eigenvalue weighted by atomic mass is 9.80. The van der Waals surface area contributed by atoms with Crippen molar-refractivity contribution >= 4 is 17.9 Å². The van der Waals surface area contributed by atoms with Gasteiger partial charge in [-0.15, -0.1) is 0 Å². The van der Waals surface area contributed by atoms with Crippen molar-refractivity contribution in [1.29, 1.82) is 0 Å². The second-order valence-corrected chi connectivity index (χ2v) is 8.20. The van der Waals surface area contributed by atoms with Crippen LogP contribution in [0.15, 0.2) is 36.0 Å². The standard InChI is InChI=1S/C21H26O8/c1-10(2)18(23)28-15-8-20(6)16(26-13(5)22)9-21(25,29-20)11(3)7-14-17(15)12(4)19(24)27-14/h7,14-17,25H,1,4,8-9H2,2-3,5-6H3/b11-7-/t14-,15-,16+,17+,20+,21-/m1/s1. The third-order valence-corrected chi connectivity index (χ3v) is 5.76. The summed E-state index contributed by atoms with van der Waals surface area (Å²) in [6, 6.07) is 0. The number of hydrogen-bond donors (Lipinski definition) is 1. The van der Waals surface area contributed by atoms with E-state index >= 15 is 0 Å². The molecule has 0 aliphatic carbocycles. The molecule has 0 spiro atoms. The van der Waals surface area contributed by atoms with Gasteiger partial charge in [0.05, 0.1) is 5.92 Å². The molecule has 29 heavy (non-hydrogen) atoms. The first-order valence-corrected chi connectivity index (χ1v) is 9.41. The summed E-state index contributed by atoms with van der Waals surface area (Å²) in [6.45, 7) is 13.5. The molecule has 0 saturated carbocycles. The van der Waals surface area contributed by atoms with Gasteiger partial charge < -0.3 is 24.1 Å². The summed E-state index contributed by atoms with van der Waals surface area (Å²) in [5.74, 6) is -4.15. The van der Waals surface area contributed by atoms with E-state index in [1.165, 1.54) is 13.8 Å². The minimum Gasteiger partial charge on any atom is -0.459 e. The molecule has 0 radical (unpaired) electrons. The topological polar surface area (TPSA) is 108 Å². The number of ether oxygens (including phenoxy) is 4. The van der Waals surface area contributed by atoms with Gasteiger partial charge in [-0.25, -0.2) is 9.59 Å². The highest BCUT2D eigenvalue weighted by Gasteiger charge is 2.59. The van der Waals surface area contributed by atoms with Gasteiger partial charge in [-0.05, 0) is 32.4 Å². The van der Waals surface area contributed by atoms with E-state index in [1.807, 2.05) is 0 Å². The summed E-state index contributed by atoms with van der Waals surface area (Å²) in [6.07, 6.45) is -0.827. The lowest BCUT2D eigenvalue weighted by molar-refractivity contribution is -0.211. The molecule has 0 aromatic carbocycles. The average Bonchev–Trinajstić information content (AvgIpc) is 3.00. The third kappa shape index (κ3) is 3.74. The van der Waals surface area contributed by atoms with Gasteiger partial charge in [-0.1, -0.05) is 13.2 Å². The number of carbonyl (C=O) groups is 3. The molecule has 3 aliphatic heterocycles. The molecule has 6 atom stereocenters. The quantitative estimate of drug-likeness (QED) is 0.327. The zero-order valence-corrected chi connectivity index (χ0v) is 17.0. The molecule has 0 aromatic heterocycles. The largest absolute Gasteiger partial charge is 0.459 e. The fourth-order valence-corrected chi connectivity index (χ4v) is 4.18. The van der Waals surface area contributed by atoms with Crippen molar-refractivity contribution < 1.29 is 38.4 Å². The number of fused-ring (bicyclic) bond motifs is 3. The molecule has 8 heteroatoms. The maximum atomic E-state index is 12.3. The molecule has 3 rings (SSSR count). The molecule has 1 N–H and O–H groups in total. The molecule has 2 fully saturated rings. The van der Waals surface area contributed by atoms with Gasteiger partial charge in [0.2, 0.25) is 0 Å². The molecule has 8 nitrogen and oxygen atoms in total. The number of hydrogen-bond acceptors (Lipinski definition) is 8. The van der Waals surface area contributed by atoms with Crippen molar-refractivity contribution in [2.45, 2.75) is 70.2 Å². The molecular weight excluding hydrogens is 380 g/mol. The summed E-state index contributed by atoms with van der Waals surface area (Å²) in [7, 11) is 0. The summed E-state index contributed by atoms with van der Waals surface area (Å²) in [5.41, 5.74) is -0.427. The van der Waals surface area contributed by atoms with Gasteiger partial charge in [0.1, 0.15) is 23.9 Å². The van der Waals surface area contributed by atoms with Crippen molar-refractivity contribution in [1.82, 2.24) is 0 Å². The van der Waals surface area contributed by atoms with Crippen LogP contribution in [0.1, 0.15) is 40.5 Å². The van der Waals surface area contributed by atoms with Crippen LogP contribution in [0.3, 0.4) is 0 Å². The third-order valence-electron chi connectivity index (χ3n) is 5.76. The second-order valence-electron chi connectivity index (χ2n) is 8.20. The van der Waals surface area contributed by atoms with Gasteiger partial charge in [0.25, 0.3) is 0 Å². The Kier molecular flexibility index (Phi) is 5.21. The minimum absolute atomic E-state index is 0.00115. The van der Waals surface area contributed by atoms with Gasteiger partial charge in [-0.2, -0.15) is 0 Å². The van der Waals surface area contributed by atoms with E-state index in [9.17, 15) is 19.5 Å². The first-order valence-electron chi connectivity index (χ1n) is 9.41. The van der Waals surface area contributed by atoms with E-state index in [0.29, 0.717) is 5.57 Å². The fourth-order valence-electron chi connectivity index (χ4n) is 4.18. The molecule has 0 aromatic rings. The zero-order valence-electron chi connectivity index (χ0n) is 17.0. The van der Waals surface area contributed by atoms with Crippen molar-refractivity contribution in [2.75, 3.05) is 0 Å². The maximum Gasteiger partial charge on any atom is 0.334 e. The van der Waals surface area contributed by atoms with E-state index in [0.717, 1.165) is 0 Å². The second kappa shape index (κ2) is 7.11. The van der Waals surface area contributed by atoms with Crippen LogP contribution in [0.5, 0.6) is 0 Å². The lowest BCUT2D eigenvalue weighted by Gasteiger charge is -2.35. The fraction of sp³-hybridized carbons (Fsp3) is 0.571. The van der Waals surface area contributed by atoms with Crippen LogP contribution in [0, 0.1) is 5.92 Å². The molecule has 0 amide bonds. The van der Waals surface area contributed by atoms with E-state index in [4.69, 9.17) is 18.9 Å². The first kappa shape index (κ1) is 21.3. The molecule has 3 aliphatic rings. The van der Waals surface area contributed by atoms with Gasteiger partial charge in [0.15, 0.2) is 5.79 Å². The molecular formula is C21H26O8. The maximum absolute atomic E-state index is 12.3. The molecule has 3 heterocycles. The van der Waals surface area contributed by atoms with E-state index < -0.39 is 53.5 Å². The molecule has 0 unspecified atom stereocenters. The first-order chi connectivity index (χ1) is 13.4. The minimum atomic E-state index is -1.72. The van der Waals surface area contributed by atoms with Crippen molar-refractivity contribution in [3.8, 4) is 0 Å². The van der Waals surface area contributed by atoms with Crippen LogP contribution in [0.4, 0.5) is 0 Å². The van der Waals surface area contributed by atoms with Crippen LogP contribution in [0.25, 0.3) is 0 Å². The van der Waals surface area contributed by atoms with Crippen LogP contribution in [0.2, 0.25) is 0 Å². The predicted molar refractivity (Wildman–Crippen MR) is 100 cm³/mol. The highest BCUT2D eigenvalue weighted by Crippen LogP contribution is 2.49. The van der Waals surface area contributed by atoms with Crippen molar-refractivity contribution in [3.63, 3.8) is 0 Å². The Labute approximate surface area is 169 Å². The van der Waals surface area contributed by atoms with E-state index in [1.54, 1.807) is 19.9 Å². The SMILES string of the molecule is C=C(C)C(=O)O[C@@H]1C[C@]2(C)O[C@](O)(C[C@@H]2OC(C)=O)/C(C)=C\[C@H]2OC(=O)C(=C)[C@@H]21. The Morgan fingerprint density at radius 2 is 1.93 bits per heavy atom. The predicted octanol–water partition coefficient (Wildman–Crippen LogP) is 1.72. The van der Waals surface area contributed by atoms with E-state index in [-0.39, 0.29) is 24.0 Å². The zero-order chi connectivity index (χ0) is 21.7. The highest BCUT2D eigenvalue weighted by molar-refractivity contribution is 5.91. The Morgan fingerprint density at radius 1 is 1.28 bits per heavy atom. The summed E-state index contributed by atoms with van der Waals surface area (Å²) < 4.78 is 22.5. The van der Waals surface area contributed by atoms with Gasteiger partial charge in [0, 0.05) is 30.9 Å². The Hall–Kier alpha value is -2.45. The van der Waals surface area contributed by atoms with Crippen LogP contribution >= 0.6 is 0 Å². The molecule has 2 bridgehead atoms. The number of esters is 3. The van der Waals surface area contributed by atoms with Crippen LogP contribution < -0.4 is 0 Å². The van der Waals surface area contributed by atoms with Gasteiger partial charge >= 0.3 is 17.9 Å². The summed E-state index contributed by atoms with van der Waals surface area (Å²) in [4.78, 5) is 36.1. The number of aliphatic hydroxyl groups is 1. The lowest BCUT2D eigenvalue weighted by Crippen LogP contribution is -2.46. The highest BCUT2D eigenvalue weighted by atomic mass is 16.7. The molecule has 158 valence electrons. The van der Waals surface area contributed by atoms with Crippen LogP contribution in [-0.4, -0.2) is 52.7 Å². The molecule has 2 saturated heterocycles. The van der Waals surface area contributed by atoms with Crippen LogP contribution in [-0.2, 0) is 33.3 Å².